The van der Waals surface area contributed by atoms with Crippen LogP contribution in [0, 0.1) is 0 Å². The molecule has 3 aromatic rings. The maximum atomic E-state index is 12.0. The van der Waals surface area contributed by atoms with Gasteiger partial charge in [0.1, 0.15) is 6.61 Å². The third kappa shape index (κ3) is 4.51. The van der Waals surface area contributed by atoms with Crippen molar-refractivity contribution in [3.05, 3.63) is 60.2 Å². The van der Waals surface area contributed by atoms with Crippen LogP contribution in [0.3, 0.4) is 0 Å². The smallest absolute Gasteiger partial charge is 0.407 e. The Kier molecular flexibility index (Phi) is 6.29. The van der Waals surface area contributed by atoms with Gasteiger partial charge in [0.2, 0.25) is 0 Å². The van der Waals surface area contributed by atoms with Crippen molar-refractivity contribution in [1.29, 1.82) is 0 Å². The van der Waals surface area contributed by atoms with Crippen molar-refractivity contribution in [3.63, 3.8) is 0 Å². The van der Waals surface area contributed by atoms with E-state index in [-0.39, 0.29) is 12.7 Å². The van der Waals surface area contributed by atoms with Crippen molar-refractivity contribution in [3.8, 4) is 0 Å². The summed E-state index contributed by atoms with van der Waals surface area (Å²) in [4.78, 5) is 12.0. The van der Waals surface area contributed by atoms with Crippen LogP contribution >= 0.6 is 15.9 Å². The Balaban J connectivity index is 1.72. The first kappa shape index (κ1) is 17.7. The van der Waals surface area contributed by atoms with Crippen molar-refractivity contribution >= 4 is 43.6 Å². The molecule has 0 bridgehead atoms. The van der Waals surface area contributed by atoms with Crippen LogP contribution in [-0.2, 0) is 11.3 Å². The fourth-order valence-corrected chi connectivity index (χ4v) is 3.44. The Bertz CT molecular complexity index is 809. The highest BCUT2D eigenvalue weighted by Crippen LogP contribution is 2.29. The van der Waals surface area contributed by atoms with Gasteiger partial charge in [0.25, 0.3) is 0 Å². The van der Waals surface area contributed by atoms with E-state index >= 15 is 0 Å². The quantitative estimate of drug-likeness (QED) is 0.310. The third-order valence-corrected chi connectivity index (χ3v) is 4.87. The van der Waals surface area contributed by atoms with E-state index in [1.54, 1.807) is 0 Å². The van der Waals surface area contributed by atoms with Crippen molar-refractivity contribution in [2.45, 2.75) is 25.9 Å². The lowest BCUT2D eigenvalue weighted by Crippen LogP contribution is -2.25. The highest BCUT2D eigenvalue weighted by molar-refractivity contribution is 9.09. The molecule has 0 aliphatic rings. The number of alkyl carbamates (subject to hydrolysis) is 1. The average molecular weight is 400 g/mol. The molecule has 4 heteroatoms. The van der Waals surface area contributed by atoms with E-state index in [2.05, 4.69) is 51.6 Å². The van der Waals surface area contributed by atoms with Gasteiger partial charge in [0.05, 0.1) is 0 Å². The molecule has 3 nitrogen and oxygen atoms in total. The Morgan fingerprint density at radius 1 is 0.920 bits per heavy atom. The molecule has 1 amide bonds. The fourth-order valence-electron chi connectivity index (χ4n) is 3.04. The van der Waals surface area contributed by atoms with E-state index in [1.165, 1.54) is 0 Å². The summed E-state index contributed by atoms with van der Waals surface area (Å²) in [5, 5.41) is 8.42. The second-order valence-electron chi connectivity index (χ2n) is 6.05. The zero-order chi connectivity index (χ0) is 17.5. The van der Waals surface area contributed by atoms with E-state index < -0.39 is 0 Å². The maximum Gasteiger partial charge on any atom is 0.407 e. The summed E-state index contributed by atoms with van der Waals surface area (Å²) in [6.45, 7) is 0.928. The third-order valence-electron chi connectivity index (χ3n) is 4.31. The number of halogens is 1. The molecule has 0 saturated heterocycles. The van der Waals surface area contributed by atoms with Crippen LogP contribution in [-0.4, -0.2) is 18.0 Å². The van der Waals surface area contributed by atoms with Gasteiger partial charge in [0, 0.05) is 17.4 Å². The minimum atomic E-state index is -0.351. The standard InChI is InChI=1S/C21H22BrNO2/c22-12-6-1-7-13-23-21(24)25-15-20-18-10-4-2-8-16(18)14-17-9-3-5-11-19(17)20/h2-5,8-11,14H,1,6-7,12-13,15H2,(H,23,24). The molecule has 0 unspecified atom stereocenters. The van der Waals surface area contributed by atoms with Gasteiger partial charge >= 0.3 is 6.09 Å². The number of amides is 1. The largest absolute Gasteiger partial charge is 0.445 e. The Morgan fingerprint density at radius 3 is 2.20 bits per heavy atom. The van der Waals surface area contributed by atoms with Crippen molar-refractivity contribution in [2.24, 2.45) is 0 Å². The number of carbonyl (C=O) groups is 1. The van der Waals surface area contributed by atoms with Crippen LogP contribution in [0.15, 0.2) is 54.6 Å². The monoisotopic (exact) mass is 399 g/mol. The van der Waals surface area contributed by atoms with Crippen LogP contribution in [0.5, 0.6) is 0 Å². The van der Waals surface area contributed by atoms with Gasteiger partial charge in [-0.3, -0.25) is 0 Å². The molecule has 1 N–H and O–H groups in total. The van der Waals surface area contributed by atoms with Crippen molar-refractivity contribution in [2.75, 3.05) is 11.9 Å². The molecule has 0 aromatic heterocycles. The van der Waals surface area contributed by atoms with Gasteiger partial charge in [-0.1, -0.05) is 70.9 Å². The normalized spacial score (nSPS) is 10.9. The molecular formula is C21H22BrNO2. The lowest BCUT2D eigenvalue weighted by Gasteiger charge is -2.12. The molecule has 0 heterocycles. The molecule has 0 spiro atoms. The molecule has 3 rings (SSSR count). The fraction of sp³-hybridized carbons (Fsp3) is 0.286. The number of alkyl halides is 1. The Morgan fingerprint density at radius 2 is 1.56 bits per heavy atom. The molecule has 3 aromatic carbocycles. The second-order valence-corrected chi connectivity index (χ2v) is 6.84. The Hall–Kier alpha value is -2.07. The number of nitrogens with one attached hydrogen (secondary N) is 1. The van der Waals surface area contributed by atoms with Crippen molar-refractivity contribution < 1.29 is 9.53 Å². The molecule has 0 saturated carbocycles. The van der Waals surface area contributed by atoms with Crippen LogP contribution in [0.1, 0.15) is 24.8 Å². The number of rotatable bonds is 7. The van der Waals surface area contributed by atoms with E-state index in [9.17, 15) is 4.79 Å². The molecule has 25 heavy (non-hydrogen) atoms. The summed E-state index contributed by atoms with van der Waals surface area (Å²) >= 11 is 3.41. The highest BCUT2D eigenvalue weighted by Gasteiger charge is 2.10. The van der Waals surface area contributed by atoms with Crippen LogP contribution in [0.25, 0.3) is 21.5 Å². The van der Waals surface area contributed by atoms with Gasteiger partial charge in [-0.15, -0.1) is 0 Å². The van der Waals surface area contributed by atoms with Crippen LogP contribution in [0.2, 0.25) is 0 Å². The summed E-state index contributed by atoms with van der Waals surface area (Å²) < 4.78 is 5.49. The lowest BCUT2D eigenvalue weighted by molar-refractivity contribution is 0.140. The summed E-state index contributed by atoms with van der Waals surface area (Å²) in [6, 6.07) is 18.6. The summed E-state index contributed by atoms with van der Waals surface area (Å²) in [5.41, 5.74) is 1.06. The number of benzene rings is 3. The van der Waals surface area contributed by atoms with E-state index in [0.29, 0.717) is 6.54 Å². The van der Waals surface area contributed by atoms with Gasteiger partial charge in [0.15, 0.2) is 0 Å². The van der Waals surface area contributed by atoms with Gasteiger partial charge < -0.3 is 10.1 Å². The predicted octanol–water partition coefficient (Wildman–Crippen LogP) is 5.78. The SMILES string of the molecule is O=C(NCCCCCBr)OCc1c2ccccc2cc2ccccc12. The zero-order valence-corrected chi connectivity index (χ0v) is 15.7. The number of ether oxygens (including phenoxy) is 1. The molecule has 0 aliphatic heterocycles. The number of hydrogen-bond donors (Lipinski definition) is 1. The van der Waals surface area contributed by atoms with Crippen LogP contribution < -0.4 is 5.32 Å². The molecular weight excluding hydrogens is 378 g/mol. The van der Waals surface area contributed by atoms with E-state index in [0.717, 1.165) is 51.7 Å². The average Bonchev–Trinajstić information content (AvgIpc) is 2.65. The summed E-state index contributed by atoms with van der Waals surface area (Å²) in [5.74, 6) is 0. The first-order valence-electron chi connectivity index (χ1n) is 8.65. The number of fused-ring (bicyclic) bond motifs is 2. The minimum Gasteiger partial charge on any atom is -0.445 e. The number of carbonyl (C=O) groups excluding carboxylic acids is 1. The number of hydrogen-bond acceptors (Lipinski definition) is 2. The molecule has 0 aliphatic carbocycles. The minimum absolute atomic E-state index is 0.273. The highest BCUT2D eigenvalue weighted by atomic mass is 79.9. The van der Waals surface area contributed by atoms with Gasteiger partial charge in [-0.25, -0.2) is 4.79 Å². The maximum absolute atomic E-state index is 12.0. The first-order valence-corrected chi connectivity index (χ1v) is 9.77. The van der Waals surface area contributed by atoms with E-state index in [4.69, 9.17) is 4.74 Å². The van der Waals surface area contributed by atoms with Gasteiger partial charge in [-0.05, 0) is 40.5 Å². The van der Waals surface area contributed by atoms with Crippen molar-refractivity contribution in [1.82, 2.24) is 5.32 Å². The first-order chi connectivity index (χ1) is 12.3. The predicted molar refractivity (Wildman–Crippen MR) is 107 cm³/mol. The van der Waals surface area contributed by atoms with E-state index in [1.807, 2.05) is 24.3 Å². The zero-order valence-electron chi connectivity index (χ0n) is 14.1. The summed E-state index contributed by atoms with van der Waals surface area (Å²) in [7, 11) is 0. The number of unbranched alkanes of at least 4 members (excludes halogenated alkanes) is 2. The second kappa shape index (κ2) is 8.86. The van der Waals surface area contributed by atoms with Crippen LogP contribution in [0.4, 0.5) is 4.79 Å². The van der Waals surface area contributed by atoms with Gasteiger partial charge in [-0.2, -0.15) is 0 Å². The molecule has 0 atom stereocenters. The topological polar surface area (TPSA) is 38.3 Å². The molecule has 0 fully saturated rings. The lowest BCUT2D eigenvalue weighted by atomic mass is 9.97. The summed E-state index contributed by atoms with van der Waals surface area (Å²) in [6.07, 6.45) is 2.84. The molecule has 0 radical (unpaired) electrons. The molecule has 130 valence electrons. The Labute approximate surface area is 156 Å².